The van der Waals surface area contributed by atoms with E-state index in [9.17, 15) is 14.4 Å². The summed E-state index contributed by atoms with van der Waals surface area (Å²) < 4.78 is 17.0. The Bertz CT molecular complexity index is 1610. The van der Waals surface area contributed by atoms with Crippen LogP contribution >= 0.6 is 0 Å². The summed E-state index contributed by atoms with van der Waals surface area (Å²) in [6.07, 6.45) is 95.8. The van der Waals surface area contributed by atoms with Gasteiger partial charge in [-0.3, -0.25) is 14.4 Å². The molecule has 0 heterocycles. The second-order valence-corrected chi connectivity index (χ2v) is 23.8. The van der Waals surface area contributed by atoms with Crippen LogP contribution in [0.3, 0.4) is 0 Å². The van der Waals surface area contributed by atoms with E-state index in [2.05, 4.69) is 118 Å². The molecular formula is C77H134O6. The van der Waals surface area contributed by atoms with E-state index in [1.54, 1.807) is 0 Å². The van der Waals surface area contributed by atoms with Crippen LogP contribution in [0.5, 0.6) is 0 Å². The maximum atomic E-state index is 12.9. The molecule has 0 fully saturated rings. The SMILES string of the molecule is CC/C=C\C/C=C\C/C=C\C/C=C\C/C=C\C/C=C\C/C=C\CCCCCCCCCCCCCCCC(=O)OCC(COC(=O)CCCCCCCCCCCCC)OC(=O)CCCCCCCCCCC/C=C\CCCCCCCC. The highest BCUT2D eigenvalue weighted by Crippen LogP contribution is 2.17. The lowest BCUT2D eigenvalue weighted by Gasteiger charge is -2.18. The van der Waals surface area contributed by atoms with Gasteiger partial charge in [0.25, 0.3) is 0 Å². The highest BCUT2D eigenvalue weighted by atomic mass is 16.6. The van der Waals surface area contributed by atoms with Crippen molar-refractivity contribution in [2.24, 2.45) is 0 Å². The Morgan fingerprint density at radius 1 is 0.253 bits per heavy atom. The maximum absolute atomic E-state index is 12.9. The highest BCUT2D eigenvalue weighted by Gasteiger charge is 2.19. The van der Waals surface area contributed by atoms with Crippen LogP contribution in [0.2, 0.25) is 0 Å². The second kappa shape index (κ2) is 70.8. The largest absolute Gasteiger partial charge is 0.462 e. The van der Waals surface area contributed by atoms with E-state index in [0.717, 1.165) is 103 Å². The van der Waals surface area contributed by atoms with Crippen LogP contribution < -0.4 is 0 Å². The molecule has 0 saturated carbocycles. The molecule has 0 radical (unpaired) electrons. The molecule has 1 atom stereocenters. The molecule has 0 aromatic carbocycles. The number of rotatable bonds is 65. The lowest BCUT2D eigenvalue weighted by molar-refractivity contribution is -0.167. The average Bonchev–Trinajstić information content (AvgIpc) is 3.48. The van der Waals surface area contributed by atoms with Gasteiger partial charge in [-0.2, -0.15) is 0 Å². The predicted molar refractivity (Wildman–Crippen MR) is 362 cm³/mol. The molecule has 6 heteroatoms. The maximum Gasteiger partial charge on any atom is 0.306 e. The molecule has 0 bridgehead atoms. The summed E-state index contributed by atoms with van der Waals surface area (Å²) in [4.78, 5) is 38.4. The van der Waals surface area contributed by atoms with Crippen molar-refractivity contribution in [1.82, 2.24) is 0 Å². The van der Waals surface area contributed by atoms with Crippen molar-refractivity contribution in [2.45, 2.75) is 361 Å². The quantitative estimate of drug-likeness (QED) is 0.0261. The Labute approximate surface area is 515 Å². The molecular weight excluding hydrogens is 1020 g/mol. The van der Waals surface area contributed by atoms with E-state index in [0.29, 0.717) is 19.3 Å². The van der Waals surface area contributed by atoms with E-state index < -0.39 is 6.10 Å². The third-order valence-corrected chi connectivity index (χ3v) is 15.6. The molecule has 83 heavy (non-hydrogen) atoms. The molecule has 6 nitrogen and oxygen atoms in total. The topological polar surface area (TPSA) is 78.9 Å². The predicted octanol–water partition coefficient (Wildman–Crippen LogP) is 24.8. The van der Waals surface area contributed by atoms with Crippen LogP contribution in [0.15, 0.2) is 97.2 Å². The second-order valence-electron chi connectivity index (χ2n) is 23.8. The van der Waals surface area contributed by atoms with Crippen LogP contribution in [0.4, 0.5) is 0 Å². The van der Waals surface area contributed by atoms with Gasteiger partial charge in [-0.1, -0.05) is 330 Å². The lowest BCUT2D eigenvalue weighted by Crippen LogP contribution is -2.30. The van der Waals surface area contributed by atoms with Crippen molar-refractivity contribution in [2.75, 3.05) is 13.2 Å². The molecule has 0 amide bonds. The van der Waals surface area contributed by atoms with Crippen molar-refractivity contribution < 1.29 is 28.6 Å². The summed E-state index contributed by atoms with van der Waals surface area (Å²) in [5.74, 6) is -0.860. The number of allylic oxidation sites excluding steroid dienone is 16. The fourth-order valence-corrected chi connectivity index (χ4v) is 10.2. The van der Waals surface area contributed by atoms with Gasteiger partial charge >= 0.3 is 17.9 Å². The fourth-order valence-electron chi connectivity index (χ4n) is 10.2. The Hall–Kier alpha value is -3.67. The summed E-state index contributed by atoms with van der Waals surface area (Å²) in [6.45, 7) is 6.55. The van der Waals surface area contributed by atoms with E-state index in [4.69, 9.17) is 14.2 Å². The first-order chi connectivity index (χ1) is 41.0. The molecule has 0 N–H and O–H groups in total. The zero-order valence-corrected chi connectivity index (χ0v) is 54.9. The molecule has 0 aliphatic carbocycles. The van der Waals surface area contributed by atoms with Crippen molar-refractivity contribution >= 4 is 17.9 Å². The smallest absolute Gasteiger partial charge is 0.306 e. The third-order valence-electron chi connectivity index (χ3n) is 15.6. The molecule has 0 spiro atoms. The van der Waals surface area contributed by atoms with Crippen LogP contribution in [-0.4, -0.2) is 37.2 Å². The Balaban J connectivity index is 4.16. The number of hydrogen-bond acceptors (Lipinski definition) is 6. The summed E-state index contributed by atoms with van der Waals surface area (Å²) in [5, 5.41) is 0. The highest BCUT2D eigenvalue weighted by molar-refractivity contribution is 5.71. The Morgan fingerprint density at radius 2 is 0.470 bits per heavy atom. The summed E-state index contributed by atoms with van der Waals surface area (Å²) in [6, 6.07) is 0. The molecule has 1 unspecified atom stereocenters. The lowest BCUT2D eigenvalue weighted by atomic mass is 10.0. The van der Waals surface area contributed by atoms with Gasteiger partial charge in [0.05, 0.1) is 0 Å². The summed E-state index contributed by atoms with van der Waals surface area (Å²) in [5.41, 5.74) is 0. The number of carbonyl (C=O) groups excluding carboxylic acids is 3. The van der Waals surface area contributed by atoms with E-state index >= 15 is 0 Å². The standard InChI is InChI=1S/C77H134O6/c1-4-7-10-13-16-19-22-24-26-28-30-31-32-33-34-35-36-37-38-39-40-41-42-43-44-45-47-48-50-52-55-58-61-64-67-70-76(79)82-73-74(72-81-75(78)69-66-63-60-57-54-21-18-15-12-9-6-3)83-77(80)71-68-65-62-59-56-53-51-49-46-29-27-25-23-20-17-14-11-8-5-2/h7,10,16,19,24-27,30-31,33-34,36-37,39-40,74H,4-6,8-9,11-15,17-18,20-23,28-29,32,35,38,41-73H2,1-3H3/b10-7-,19-16-,26-24-,27-25-,31-30-,34-33-,37-36-,40-39-. The van der Waals surface area contributed by atoms with Crippen molar-refractivity contribution in [3.05, 3.63) is 97.2 Å². The summed E-state index contributed by atoms with van der Waals surface area (Å²) >= 11 is 0. The molecule has 0 rings (SSSR count). The molecule has 478 valence electrons. The molecule has 0 aromatic heterocycles. The third kappa shape index (κ3) is 69.0. The summed E-state index contributed by atoms with van der Waals surface area (Å²) in [7, 11) is 0. The zero-order chi connectivity index (χ0) is 59.9. The van der Waals surface area contributed by atoms with Gasteiger partial charge < -0.3 is 14.2 Å². The van der Waals surface area contributed by atoms with Gasteiger partial charge in [-0.15, -0.1) is 0 Å². The van der Waals surface area contributed by atoms with Crippen LogP contribution in [0.25, 0.3) is 0 Å². The number of unbranched alkanes of at least 4 members (excludes halogenated alkanes) is 38. The van der Waals surface area contributed by atoms with Gasteiger partial charge in [0.15, 0.2) is 6.10 Å². The van der Waals surface area contributed by atoms with Crippen molar-refractivity contribution in [3.8, 4) is 0 Å². The van der Waals surface area contributed by atoms with Crippen molar-refractivity contribution in [1.29, 1.82) is 0 Å². The van der Waals surface area contributed by atoms with Crippen molar-refractivity contribution in [3.63, 3.8) is 0 Å². The molecule has 0 aliphatic rings. The number of ether oxygens (including phenoxy) is 3. The monoisotopic (exact) mass is 1160 g/mol. The van der Waals surface area contributed by atoms with Gasteiger partial charge in [-0.25, -0.2) is 0 Å². The van der Waals surface area contributed by atoms with E-state index in [1.165, 1.54) is 212 Å². The first kappa shape index (κ1) is 79.3. The minimum atomic E-state index is -0.776. The zero-order valence-electron chi connectivity index (χ0n) is 54.9. The van der Waals surface area contributed by atoms with E-state index in [-0.39, 0.29) is 31.1 Å². The van der Waals surface area contributed by atoms with Gasteiger partial charge in [0, 0.05) is 19.3 Å². The molecule has 0 aliphatic heterocycles. The number of hydrogen-bond donors (Lipinski definition) is 0. The normalized spacial score (nSPS) is 12.7. The molecule has 0 saturated heterocycles. The molecule has 0 aromatic rings. The number of carbonyl (C=O) groups is 3. The van der Waals surface area contributed by atoms with E-state index in [1.807, 2.05) is 0 Å². The van der Waals surface area contributed by atoms with Crippen LogP contribution in [-0.2, 0) is 28.6 Å². The first-order valence-electron chi connectivity index (χ1n) is 35.7. The van der Waals surface area contributed by atoms with Crippen LogP contribution in [0, 0.1) is 0 Å². The Morgan fingerprint density at radius 3 is 0.747 bits per heavy atom. The number of esters is 3. The van der Waals surface area contributed by atoms with Crippen LogP contribution in [0.1, 0.15) is 355 Å². The fraction of sp³-hybridized carbons (Fsp3) is 0.753. The minimum Gasteiger partial charge on any atom is -0.462 e. The minimum absolute atomic E-state index is 0.0729. The van der Waals surface area contributed by atoms with Gasteiger partial charge in [0.1, 0.15) is 13.2 Å². The van der Waals surface area contributed by atoms with Gasteiger partial charge in [-0.05, 0) is 103 Å². The van der Waals surface area contributed by atoms with Gasteiger partial charge in [0.2, 0.25) is 0 Å². The average molecular weight is 1160 g/mol. The Kier molecular flexibility index (Phi) is 67.7. The first-order valence-corrected chi connectivity index (χ1v) is 35.7.